The number of nitrogens with one attached hydrogen (secondary N) is 1. The van der Waals surface area contributed by atoms with E-state index in [1.54, 1.807) is 11.8 Å². The Balaban J connectivity index is 1.17. The van der Waals surface area contributed by atoms with Gasteiger partial charge in [0.05, 0.1) is 12.4 Å². The Morgan fingerprint density at radius 1 is 0.897 bits per heavy atom. The Bertz CT molecular complexity index is 1490. The van der Waals surface area contributed by atoms with Crippen LogP contribution in [0.15, 0.2) is 77.8 Å². The highest BCUT2D eigenvalue weighted by molar-refractivity contribution is 8.00. The lowest BCUT2D eigenvalue weighted by Gasteiger charge is -2.34. The lowest BCUT2D eigenvalue weighted by Crippen LogP contribution is -2.51. The van der Waals surface area contributed by atoms with E-state index in [0.717, 1.165) is 26.6 Å². The van der Waals surface area contributed by atoms with Crippen LogP contribution in [-0.4, -0.2) is 77.4 Å². The van der Waals surface area contributed by atoms with Gasteiger partial charge in [-0.3, -0.25) is 9.59 Å². The number of carbonyl (C=O) groups is 3. The van der Waals surface area contributed by atoms with Crippen LogP contribution in [0.2, 0.25) is 0 Å². The van der Waals surface area contributed by atoms with Crippen molar-refractivity contribution in [3.8, 4) is 0 Å². The van der Waals surface area contributed by atoms with Crippen molar-refractivity contribution in [1.82, 2.24) is 19.7 Å². The molecule has 3 amide bonds. The number of piperazine rings is 1. The SMILES string of the molecule is CCOC(=O)N1CCN(C(=O)CSc2cn(CCNC(=O)c3ccc4ccccc4c3)c3ccccc23)CC1. The van der Waals surface area contributed by atoms with E-state index in [1.165, 1.54) is 11.8 Å². The van der Waals surface area contributed by atoms with Gasteiger partial charge < -0.3 is 24.4 Å². The van der Waals surface area contributed by atoms with Crippen LogP contribution in [0.3, 0.4) is 0 Å². The van der Waals surface area contributed by atoms with Gasteiger partial charge in [0, 0.05) is 66.8 Å². The number of nitrogens with zero attached hydrogens (tertiary/aromatic N) is 3. The van der Waals surface area contributed by atoms with Crippen LogP contribution in [0, 0.1) is 0 Å². The summed E-state index contributed by atoms with van der Waals surface area (Å²) in [6, 6.07) is 21.8. The summed E-state index contributed by atoms with van der Waals surface area (Å²) in [4.78, 5) is 42.1. The largest absolute Gasteiger partial charge is 0.450 e. The number of para-hydroxylation sites is 1. The zero-order valence-corrected chi connectivity index (χ0v) is 22.8. The lowest BCUT2D eigenvalue weighted by molar-refractivity contribution is -0.129. The minimum absolute atomic E-state index is 0.0583. The average Bonchev–Trinajstić information content (AvgIpc) is 3.33. The summed E-state index contributed by atoms with van der Waals surface area (Å²) in [5.74, 6) is 0.287. The Morgan fingerprint density at radius 3 is 2.41 bits per heavy atom. The number of fused-ring (bicyclic) bond motifs is 2. The summed E-state index contributed by atoms with van der Waals surface area (Å²) in [6.45, 7) is 5.22. The van der Waals surface area contributed by atoms with Crippen LogP contribution in [0.5, 0.6) is 0 Å². The number of amides is 3. The van der Waals surface area contributed by atoms with E-state index >= 15 is 0 Å². The highest BCUT2D eigenvalue weighted by atomic mass is 32.2. The van der Waals surface area contributed by atoms with Crippen LogP contribution < -0.4 is 5.32 Å². The molecule has 8 nitrogen and oxygen atoms in total. The number of benzene rings is 3. The summed E-state index contributed by atoms with van der Waals surface area (Å²) < 4.78 is 7.18. The van der Waals surface area contributed by atoms with Gasteiger partial charge >= 0.3 is 6.09 Å². The molecule has 1 aliphatic rings. The van der Waals surface area contributed by atoms with Crippen LogP contribution >= 0.6 is 11.8 Å². The molecule has 0 radical (unpaired) electrons. The summed E-state index contributed by atoms with van der Waals surface area (Å²) in [5, 5.41) is 6.27. The third-order valence-corrected chi connectivity index (χ3v) is 7.94. The second kappa shape index (κ2) is 12.3. The maximum atomic E-state index is 12.9. The number of rotatable bonds is 8. The van der Waals surface area contributed by atoms with Crippen molar-refractivity contribution < 1.29 is 19.1 Å². The van der Waals surface area contributed by atoms with E-state index in [9.17, 15) is 14.4 Å². The molecule has 1 aromatic heterocycles. The third-order valence-electron chi connectivity index (χ3n) is 6.91. The van der Waals surface area contributed by atoms with Crippen molar-refractivity contribution in [2.75, 3.05) is 45.1 Å². The fraction of sp³-hybridized carbons (Fsp3) is 0.300. The van der Waals surface area contributed by atoms with Crippen molar-refractivity contribution >= 4 is 51.3 Å². The molecule has 202 valence electrons. The van der Waals surface area contributed by atoms with Gasteiger partial charge in [-0.05, 0) is 35.9 Å². The number of thioether (sulfide) groups is 1. The van der Waals surface area contributed by atoms with Gasteiger partial charge in [-0.2, -0.15) is 0 Å². The molecule has 0 atom stereocenters. The number of aromatic nitrogens is 1. The number of carbonyl (C=O) groups excluding carboxylic acids is 3. The molecule has 1 fully saturated rings. The van der Waals surface area contributed by atoms with Crippen molar-refractivity contribution in [3.05, 3.63) is 78.5 Å². The lowest BCUT2D eigenvalue weighted by atomic mass is 10.1. The molecule has 1 saturated heterocycles. The molecule has 0 aliphatic carbocycles. The van der Waals surface area contributed by atoms with Gasteiger partial charge in [-0.1, -0.05) is 48.5 Å². The van der Waals surface area contributed by atoms with E-state index in [-0.39, 0.29) is 17.9 Å². The highest BCUT2D eigenvalue weighted by Gasteiger charge is 2.25. The molecule has 2 heterocycles. The van der Waals surface area contributed by atoms with Gasteiger partial charge in [-0.25, -0.2) is 4.79 Å². The van der Waals surface area contributed by atoms with Gasteiger partial charge in [-0.15, -0.1) is 11.8 Å². The summed E-state index contributed by atoms with van der Waals surface area (Å²) in [7, 11) is 0. The Labute approximate surface area is 231 Å². The van der Waals surface area contributed by atoms with E-state index in [2.05, 4.69) is 28.2 Å². The summed E-state index contributed by atoms with van der Waals surface area (Å²) in [6.07, 6.45) is 1.74. The molecular formula is C30H32N4O4S. The third kappa shape index (κ3) is 6.20. The predicted molar refractivity (Wildman–Crippen MR) is 154 cm³/mol. The first-order valence-electron chi connectivity index (χ1n) is 13.2. The second-order valence-corrected chi connectivity index (χ2v) is 10.4. The maximum Gasteiger partial charge on any atom is 0.409 e. The Kier molecular flexibility index (Phi) is 8.36. The van der Waals surface area contributed by atoms with Crippen LogP contribution in [0.1, 0.15) is 17.3 Å². The van der Waals surface area contributed by atoms with Crippen molar-refractivity contribution in [1.29, 1.82) is 0 Å². The van der Waals surface area contributed by atoms with E-state index < -0.39 is 0 Å². The molecule has 0 bridgehead atoms. The maximum absolute atomic E-state index is 12.9. The molecule has 39 heavy (non-hydrogen) atoms. The minimum Gasteiger partial charge on any atom is -0.450 e. The molecule has 0 saturated carbocycles. The quantitative estimate of drug-likeness (QED) is 0.328. The molecule has 5 rings (SSSR count). The molecule has 0 spiro atoms. The fourth-order valence-electron chi connectivity index (χ4n) is 4.82. The topological polar surface area (TPSA) is 83.9 Å². The Morgan fingerprint density at radius 2 is 1.62 bits per heavy atom. The van der Waals surface area contributed by atoms with Gasteiger partial charge in [0.1, 0.15) is 0 Å². The summed E-state index contributed by atoms with van der Waals surface area (Å²) in [5.41, 5.74) is 1.71. The van der Waals surface area contributed by atoms with Gasteiger partial charge in [0.25, 0.3) is 5.91 Å². The van der Waals surface area contributed by atoms with Crippen LogP contribution in [0.4, 0.5) is 4.79 Å². The number of hydrogen-bond acceptors (Lipinski definition) is 5. The highest BCUT2D eigenvalue weighted by Crippen LogP contribution is 2.30. The van der Waals surface area contributed by atoms with Crippen molar-refractivity contribution in [2.45, 2.75) is 18.4 Å². The van der Waals surface area contributed by atoms with Gasteiger partial charge in [0.2, 0.25) is 5.91 Å². The summed E-state index contributed by atoms with van der Waals surface area (Å²) >= 11 is 1.52. The molecule has 0 unspecified atom stereocenters. The van der Waals surface area contributed by atoms with Crippen LogP contribution in [-0.2, 0) is 16.1 Å². The first-order chi connectivity index (χ1) is 19.0. The predicted octanol–water partition coefficient (Wildman–Crippen LogP) is 4.62. The number of hydrogen-bond donors (Lipinski definition) is 1. The van der Waals surface area contributed by atoms with Crippen molar-refractivity contribution in [3.63, 3.8) is 0 Å². The minimum atomic E-state index is -0.319. The van der Waals surface area contributed by atoms with E-state index in [4.69, 9.17) is 4.74 Å². The zero-order chi connectivity index (χ0) is 27.2. The molecule has 4 aromatic rings. The average molecular weight is 545 g/mol. The van der Waals surface area contributed by atoms with E-state index in [0.29, 0.717) is 57.2 Å². The smallest absolute Gasteiger partial charge is 0.409 e. The van der Waals surface area contributed by atoms with E-state index in [1.807, 2.05) is 59.5 Å². The standard InChI is InChI=1S/C30H32N4O4S/c1-2-38-30(37)33-17-15-32(16-18-33)28(35)21-39-27-20-34(26-10-6-5-9-25(26)27)14-13-31-29(36)24-12-11-22-7-3-4-8-23(22)19-24/h3-12,19-20H,2,13-18,21H2,1H3,(H,31,36). The number of ether oxygens (including phenoxy) is 1. The van der Waals surface area contributed by atoms with Crippen molar-refractivity contribution in [2.24, 2.45) is 0 Å². The van der Waals surface area contributed by atoms with Gasteiger partial charge in [0.15, 0.2) is 0 Å². The molecule has 1 aliphatic heterocycles. The molecule has 9 heteroatoms. The molecule has 1 N–H and O–H groups in total. The first kappa shape index (κ1) is 26.6. The monoisotopic (exact) mass is 544 g/mol. The van der Waals surface area contributed by atoms with Crippen LogP contribution in [0.25, 0.3) is 21.7 Å². The molecular weight excluding hydrogens is 512 g/mol. The zero-order valence-electron chi connectivity index (χ0n) is 22.0. The second-order valence-electron chi connectivity index (χ2n) is 9.38. The Hall–Kier alpha value is -3.98. The fourth-order valence-corrected chi connectivity index (χ4v) is 5.81. The first-order valence-corrected chi connectivity index (χ1v) is 14.2. The normalized spacial score (nSPS) is 13.6. The molecule has 3 aromatic carbocycles.